The Kier molecular flexibility index (Phi) is 4.05. The lowest BCUT2D eigenvalue weighted by atomic mass is 10.1. The largest absolute Gasteiger partial charge is 0.387 e. The van der Waals surface area contributed by atoms with Crippen molar-refractivity contribution in [2.75, 3.05) is 0 Å². The number of aryl methyl sites for hydroxylation is 1. The molecule has 3 aromatic rings. The Morgan fingerprint density at radius 2 is 1.64 bits per heavy atom. The number of para-hydroxylation sites is 2. The fourth-order valence-electron chi connectivity index (χ4n) is 2.72. The number of imidazole rings is 1. The average Bonchev–Trinajstić information content (AvgIpc) is 2.80. The van der Waals surface area contributed by atoms with Crippen LogP contribution in [0.2, 0.25) is 5.02 Å². The van der Waals surface area contributed by atoms with Gasteiger partial charge >= 0.3 is 5.69 Å². The highest BCUT2D eigenvalue weighted by atomic mass is 35.5. The first-order valence-corrected chi connectivity index (χ1v) is 7.61. The molecule has 0 aliphatic heterocycles. The average molecular weight is 317 g/mol. The number of aromatic nitrogens is 2. The molecule has 0 radical (unpaired) electrons. The van der Waals surface area contributed by atoms with Gasteiger partial charge in [0.15, 0.2) is 0 Å². The number of rotatable bonds is 4. The first-order valence-electron chi connectivity index (χ1n) is 7.23. The zero-order chi connectivity index (χ0) is 15.7. The number of hydrogen-bond donors (Lipinski definition) is 1. The standard InChI is InChI=1S/C17H17ClN2O2/c1-2-19-14-5-3-4-6-15(14)20(17(19)22)11-16(21)12-7-9-13(18)10-8-12/h3-10,16,21H,2,11H2,1H3/t16-/m0/s1. The second kappa shape index (κ2) is 5.99. The first kappa shape index (κ1) is 14.9. The summed E-state index contributed by atoms with van der Waals surface area (Å²) in [5, 5.41) is 11.0. The molecular weight excluding hydrogens is 300 g/mol. The van der Waals surface area contributed by atoms with Crippen LogP contribution in [-0.2, 0) is 13.1 Å². The van der Waals surface area contributed by atoms with Gasteiger partial charge in [-0.15, -0.1) is 0 Å². The van der Waals surface area contributed by atoms with E-state index in [0.717, 1.165) is 16.6 Å². The van der Waals surface area contributed by atoms with Crippen LogP contribution in [0.1, 0.15) is 18.6 Å². The van der Waals surface area contributed by atoms with Crippen molar-refractivity contribution in [1.29, 1.82) is 0 Å². The predicted octanol–water partition coefficient (Wildman–Crippen LogP) is 3.21. The van der Waals surface area contributed by atoms with E-state index in [4.69, 9.17) is 11.6 Å². The first-order chi connectivity index (χ1) is 10.6. The highest BCUT2D eigenvalue weighted by Crippen LogP contribution is 2.20. The third-order valence-electron chi connectivity index (χ3n) is 3.85. The van der Waals surface area contributed by atoms with E-state index in [1.54, 1.807) is 33.4 Å². The molecule has 5 heteroatoms. The highest BCUT2D eigenvalue weighted by Gasteiger charge is 2.15. The molecule has 0 aliphatic carbocycles. The quantitative estimate of drug-likeness (QED) is 0.803. The molecule has 4 nitrogen and oxygen atoms in total. The Labute approximate surface area is 133 Å². The Morgan fingerprint density at radius 1 is 1.05 bits per heavy atom. The molecule has 0 saturated carbocycles. The molecule has 1 heterocycles. The van der Waals surface area contributed by atoms with Gasteiger partial charge in [0.25, 0.3) is 0 Å². The summed E-state index contributed by atoms with van der Waals surface area (Å²) in [6.45, 7) is 2.76. The lowest BCUT2D eigenvalue weighted by Gasteiger charge is -2.12. The Bertz CT molecular complexity index is 849. The van der Waals surface area contributed by atoms with Crippen LogP contribution in [0.5, 0.6) is 0 Å². The molecule has 0 amide bonds. The van der Waals surface area contributed by atoms with Crippen molar-refractivity contribution in [1.82, 2.24) is 9.13 Å². The lowest BCUT2D eigenvalue weighted by molar-refractivity contribution is 0.156. The number of hydrogen-bond acceptors (Lipinski definition) is 2. The fraction of sp³-hybridized carbons (Fsp3) is 0.235. The molecule has 0 saturated heterocycles. The van der Waals surface area contributed by atoms with Crippen LogP contribution < -0.4 is 5.69 Å². The number of nitrogens with zero attached hydrogens (tertiary/aromatic N) is 2. The maximum absolute atomic E-state index is 12.5. The SMILES string of the molecule is CCn1c(=O)n(C[C@H](O)c2ccc(Cl)cc2)c2ccccc21. The Hall–Kier alpha value is -2.04. The summed E-state index contributed by atoms with van der Waals surface area (Å²) in [4.78, 5) is 12.5. The molecule has 0 aliphatic rings. The van der Waals surface area contributed by atoms with Gasteiger partial charge in [-0.05, 0) is 36.8 Å². The molecule has 0 bridgehead atoms. The van der Waals surface area contributed by atoms with Crippen LogP contribution in [0.3, 0.4) is 0 Å². The van der Waals surface area contributed by atoms with Gasteiger partial charge in [0.05, 0.1) is 23.7 Å². The molecule has 114 valence electrons. The predicted molar refractivity (Wildman–Crippen MR) is 88.3 cm³/mol. The number of aliphatic hydroxyl groups is 1. The van der Waals surface area contributed by atoms with Gasteiger partial charge in [0.1, 0.15) is 0 Å². The highest BCUT2D eigenvalue weighted by molar-refractivity contribution is 6.30. The van der Waals surface area contributed by atoms with E-state index in [1.807, 2.05) is 31.2 Å². The zero-order valence-electron chi connectivity index (χ0n) is 12.2. The summed E-state index contributed by atoms with van der Waals surface area (Å²) >= 11 is 5.86. The van der Waals surface area contributed by atoms with Crippen molar-refractivity contribution < 1.29 is 5.11 Å². The van der Waals surface area contributed by atoms with Crippen molar-refractivity contribution in [3.63, 3.8) is 0 Å². The molecule has 1 atom stereocenters. The van der Waals surface area contributed by atoms with Crippen LogP contribution >= 0.6 is 11.6 Å². The fourth-order valence-corrected chi connectivity index (χ4v) is 2.84. The van der Waals surface area contributed by atoms with Crippen LogP contribution in [0.4, 0.5) is 0 Å². The molecule has 0 spiro atoms. The van der Waals surface area contributed by atoms with Gasteiger partial charge in [-0.1, -0.05) is 35.9 Å². The van der Waals surface area contributed by atoms with E-state index >= 15 is 0 Å². The van der Waals surface area contributed by atoms with E-state index in [0.29, 0.717) is 11.6 Å². The summed E-state index contributed by atoms with van der Waals surface area (Å²) in [7, 11) is 0. The molecule has 1 N–H and O–H groups in total. The number of fused-ring (bicyclic) bond motifs is 1. The van der Waals surface area contributed by atoms with Crippen molar-refractivity contribution in [2.45, 2.75) is 26.1 Å². The topological polar surface area (TPSA) is 47.2 Å². The maximum Gasteiger partial charge on any atom is 0.329 e. The van der Waals surface area contributed by atoms with Crippen molar-refractivity contribution in [3.8, 4) is 0 Å². The summed E-state index contributed by atoms with van der Waals surface area (Å²) < 4.78 is 3.34. The summed E-state index contributed by atoms with van der Waals surface area (Å²) in [5.74, 6) is 0. The van der Waals surface area contributed by atoms with Crippen LogP contribution in [-0.4, -0.2) is 14.2 Å². The smallest absolute Gasteiger partial charge is 0.329 e. The van der Waals surface area contributed by atoms with E-state index in [2.05, 4.69) is 0 Å². The van der Waals surface area contributed by atoms with Gasteiger partial charge in [0.2, 0.25) is 0 Å². The molecule has 2 aromatic carbocycles. The van der Waals surface area contributed by atoms with Gasteiger partial charge in [-0.25, -0.2) is 4.79 Å². The molecule has 3 rings (SSSR count). The lowest BCUT2D eigenvalue weighted by Crippen LogP contribution is -2.26. The monoisotopic (exact) mass is 316 g/mol. The molecule has 0 fully saturated rings. The Morgan fingerprint density at radius 3 is 2.23 bits per heavy atom. The van der Waals surface area contributed by atoms with Gasteiger partial charge in [-0.2, -0.15) is 0 Å². The number of aliphatic hydroxyl groups excluding tert-OH is 1. The molecular formula is C17H17ClN2O2. The van der Waals surface area contributed by atoms with Crippen molar-refractivity contribution in [2.24, 2.45) is 0 Å². The molecule has 22 heavy (non-hydrogen) atoms. The van der Waals surface area contributed by atoms with Crippen LogP contribution in [0.25, 0.3) is 11.0 Å². The number of benzene rings is 2. The molecule has 0 unspecified atom stereocenters. The van der Waals surface area contributed by atoms with Crippen molar-refractivity contribution >= 4 is 22.6 Å². The van der Waals surface area contributed by atoms with E-state index in [-0.39, 0.29) is 12.2 Å². The normalized spacial score (nSPS) is 12.7. The molecule has 1 aromatic heterocycles. The summed E-state index contributed by atoms with van der Waals surface area (Å²) in [5.41, 5.74) is 2.36. The second-order valence-electron chi connectivity index (χ2n) is 5.19. The third-order valence-corrected chi connectivity index (χ3v) is 4.10. The number of halogens is 1. The van der Waals surface area contributed by atoms with E-state index < -0.39 is 6.10 Å². The maximum atomic E-state index is 12.5. The minimum atomic E-state index is -0.758. The summed E-state index contributed by atoms with van der Waals surface area (Å²) in [6, 6.07) is 14.6. The van der Waals surface area contributed by atoms with Gasteiger partial charge in [-0.3, -0.25) is 9.13 Å². The van der Waals surface area contributed by atoms with Crippen LogP contribution in [0, 0.1) is 0 Å². The minimum absolute atomic E-state index is 0.100. The van der Waals surface area contributed by atoms with Gasteiger partial charge in [0, 0.05) is 11.6 Å². The van der Waals surface area contributed by atoms with E-state index in [1.165, 1.54) is 0 Å². The Balaban J connectivity index is 2.02. The summed E-state index contributed by atoms with van der Waals surface area (Å²) in [6.07, 6.45) is -0.758. The van der Waals surface area contributed by atoms with E-state index in [9.17, 15) is 9.90 Å². The zero-order valence-corrected chi connectivity index (χ0v) is 13.0. The van der Waals surface area contributed by atoms with Crippen LogP contribution in [0.15, 0.2) is 53.3 Å². The third kappa shape index (κ3) is 2.56. The van der Waals surface area contributed by atoms with Crippen molar-refractivity contribution in [3.05, 3.63) is 69.6 Å². The minimum Gasteiger partial charge on any atom is -0.387 e. The second-order valence-corrected chi connectivity index (χ2v) is 5.63. The van der Waals surface area contributed by atoms with Gasteiger partial charge < -0.3 is 5.11 Å².